The number of benzene rings is 1. The van der Waals surface area contributed by atoms with E-state index in [2.05, 4.69) is 5.32 Å². The molecule has 6 heteroatoms. The fourth-order valence-corrected chi connectivity index (χ4v) is 2.68. The molecule has 0 radical (unpaired) electrons. The maximum Gasteiger partial charge on any atom is 0.323 e. The Labute approximate surface area is 128 Å². The van der Waals surface area contributed by atoms with Gasteiger partial charge in [0.25, 0.3) is 0 Å². The summed E-state index contributed by atoms with van der Waals surface area (Å²) in [4.78, 5) is 12.2. The molecule has 1 N–H and O–H groups in total. The molecule has 0 saturated carbocycles. The minimum atomic E-state index is -0.592. The van der Waals surface area contributed by atoms with Gasteiger partial charge in [-0.2, -0.15) is 0 Å². The van der Waals surface area contributed by atoms with Crippen molar-refractivity contribution in [2.75, 3.05) is 18.9 Å². The van der Waals surface area contributed by atoms with Crippen LogP contribution in [0, 0.1) is 11.6 Å². The molecule has 0 aliphatic heterocycles. The number of halogens is 2. The Hall–Kier alpha value is -1.14. The first kappa shape index (κ1) is 17.9. The summed E-state index contributed by atoms with van der Waals surface area (Å²) in [6.07, 6.45) is 1.44. The van der Waals surface area contributed by atoms with Gasteiger partial charge in [-0.05, 0) is 38.4 Å². The van der Waals surface area contributed by atoms with Crippen LogP contribution in [-0.2, 0) is 9.53 Å². The van der Waals surface area contributed by atoms with Crippen LogP contribution in [0.2, 0.25) is 0 Å². The number of thioether (sulfide) groups is 1. The summed E-state index contributed by atoms with van der Waals surface area (Å²) in [6.45, 7) is 4.83. The third kappa shape index (κ3) is 6.44. The summed E-state index contributed by atoms with van der Waals surface area (Å²) in [6, 6.07) is 3.11. The van der Waals surface area contributed by atoms with E-state index in [0.717, 1.165) is 19.0 Å². The topological polar surface area (TPSA) is 38.3 Å². The normalized spacial score (nSPS) is 12.2. The molecule has 21 heavy (non-hydrogen) atoms. The van der Waals surface area contributed by atoms with E-state index in [1.54, 1.807) is 6.92 Å². The zero-order chi connectivity index (χ0) is 15.7. The van der Waals surface area contributed by atoms with Gasteiger partial charge in [-0.3, -0.25) is 4.79 Å². The van der Waals surface area contributed by atoms with Gasteiger partial charge in [-0.1, -0.05) is 6.92 Å². The van der Waals surface area contributed by atoms with Gasteiger partial charge in [0.2, 0.25) is 0 Å². The van der Waals surface area contributed by atoms with Crippen molar-refractivity contribution < 1.29 is 18.3 Å². The summed E-state index contributed by atoms with van der Waals surface area (Å²) in [5.74, 6) is -0.908. The molecule has 0 fully saturated rings. The molecular formula is C15H21F2NO2S. The van der Waals surface area contributed by atoms with Crippen LogP contribution in [0.3, 0.4) is 0 Å². The van der Waals surface area contributed by atoms with Gasteiger partial charge in [0, 0.05) is 16.7 Å². The molecule has 1 rings (SSSR count). The average Bonchev–Trinajstić information content (AvgIpc) is 2.44. The lowest BCUT2D eigenvalue weighted by Crippen LogP contribution is -2.39. The van der Waals surface area contributed by atoms with E-state index in [9.17, 15) is 13.6 Å². The second-order valence-corrected chi connectivity index (χ2v) is 5.61. The lowest BCUT2D eigenvalue weighted by molar-refractivity contribution is -0.145. The van der Waals surface area contributed by atoms with Crippen LogP contribution in [0.4, 0.5) is 8.78 Å². The molecular weight excluding hydrogens is 296 g/mol. The number of esters is 1. The summed E-state index contributed by atoms with van der Waals surface area (Å²) in [5.41, 5.74) is 0. The number of rotatable bonds is 9. The highest BCUT2D eigenvalue weighted by Crippen LogP contribution is 2.23. The van der Waals surface area contributed by atoms with Crippen molar-refractivity contribution in [2.24, 2.45) is 0 Å². The van der Waals surface area contributed by atoms with Crippen LogP contribution < -0.4 is 5.32 Å². The molecule has 1 unspecified atom stereocenters. The maximum absolute atomic E-state index is 13.5. The Morgan fingerprint density at radius 3 is 2.76 bits per heavy atom. The summed E-state index contributed by atoms with van der Waals surface area (Å²) in [5, 5.41) is 3.12. The third-order valence-electron chi connectivity index (χ3n) is 2.77. The molecule has 0 amide bonds. The van der Waals surface area contributed by atoms with Crippen molar-refractivity contribution in [1.82, 2.24) is 5.32 Å². The number of carbonyl (C=O) groups excluding carboxylic acids is 1. The first-order valence-electron chi connectivity index (χ1n) is 7.06. The Balaban J connectivity index is 2.50. The molecule has 0 aliphatic carbocycles. The monoisotopic (exact) mass is 317 g/mol. The Bertz CT molecular complexity index is 457. The number of nitrogens with one attached hydrogen (secondary N) is 1. The average molecular weight is 317 g/mol. The minimum Gasteiger partial charge on any atom is -0.465 e. The van der Waals surface area contributed by atoms with Crippen LogP contribution in [0.1, 0.15) is 26.7 Å². The summed E-state index contributed by atoms with van der Waals surface area (Å²) < 4.78 is 31.3. The van der Waals surface area contributed by atoms with E-state index in [4.69, 9.17) is 4.74 Å². The highest BCUT2D eigenvalue weighted by molar-refractivity contribution is 7.99. The van der Waals surface area contributed by atoms with Gasteiger partial charge in [0.15, 0.2) is 0 Å². The van der Waals surface area contributed by atoms with E-state index >= 15 is 0 Å². The zero-order valence-electron chi connectivity index (χ0n) is 12.3. The molecule has 0 heterocycles. The van der Waals surface area contributed by atoms with Crippen molar-refractivity contribution in [3.05, 3.63) is 29.8 Å². The van der Waals surface area contributed by atoms with E-state index in [-0.39, 0.29) is 12.0 Å². The number of hydrogen-bond acceptors (Lipinski definition) is 4. The van der Waals surface area contributed by atoms with Gasteiger partial charge in [0.1, 0.15) is 17.7 Å². The van der Waals surface area contributed by atoms with E-state index < -0.39 is 11.6 Å². The fourth-order valence-electron chi connectivity index (χ4n) is 1.74. The highest BCUT2D eigenvalue weighted by atomic mass is 32.2. The van der Waals surface area contributed by atoms with Crippen LogP contribution >= 0.6 is 11.8 Å². The molecule has 118 valence electrons. The standard InChI is InChI=1S/C15H21F2NO2S/c1-3-8-18-13(15(19)20-4-2)7-9-21-14-6-5-11(16)10-12(14)17/h5-6,10,13,18H,3-4,7-9H2,1-2H3. The quantitative estimate of drug-likeness (QED) is 0.560. The molecule has 1 aromatic rings. The van der Waals surface area contributed by atoms with Crippen molar-refractivity contribution in [2.45, 2.75) is 37.6 Å². The fraction of sp³-hybridized carbons (Fsp3) is 0.533. The molecule has 0 aliphatic rings. The van der Waals surface area contributed by atoms with E-state index in [0.29, 0.717) is 23.7 Å². The van der Waals surface area contributed by atoms with Gasteiger partial charge in [-0.25, -0.2) is 8.78 Å². The maximum atomic E-state index is 13.5. The third-order valence-corrected chi connectivity index (χ3v) is 3.85. The number of carbonyl (C=O) groups is 1. The first-order valence-corrected chi connectivity index (χ1v) is 8.04. The summed E-state index contributed by atoms with van der Waals surface area (Å²) in [7, 11) is 0. The molecule has 0 aromatic heterocycles. The molecule has 1 aromatic carbocycles. The molecule has 3 nitrogen and oxygen atoms in total. The lowest BCUT2D eigenvalue weighted by Gasteiger charge is -2.16. The van der Waals surface area contributed by atoms with E-state index in [1.807, 2.05) is 6.92 Å². The first-order chi connectivity index (χ1) is 10.1. The van der Waals surface area contributed by atoms with Gasteiger partial charge < -0.3 is 10.1 Å². The van der Waals surface area contributed by atoms with Gasteiger partial charge >= 0.3 is 5.97 Å². The Kier molecular flexibility index (Phi) is 8.30. The van der Waals surface area contributed by atoms with Crippen LogP contribution in [0.15, 0.2) is 23.1 Å². The van der Waals surface area contributed by atoms with Crippen molar-refractivity contribution >= 4 is 17.7 Å². The SMILES string of the molecule is CCCNC(CCSc1ccc(F)cc1F)C(=O)OCC. The predicted molar refractivity (Wildman–Crippen MR) is 80.4 cm³/mol. The second-order valence-electron chi connectivity index (χ2n) is 4.47. The molecule has 0 bridgehead atoms. The minimum absolute atomic E-state index is 0.286. The molecule has 0 saturated heterocycles. The van der Waals surface area contributed by atoms with Crippen LogP contribution in [0.5, 0.6) is 0 Å². The number of ether oxygens (including phenoxy) is 1. The molecule has 1 atom stereocenters. The zero-order valence-corrected chi connectivity index (χ0v) is 13.1. The smallest absolute Gasteiger partial charge is 0.323 e. The predicted octanol–water partition coefficient (Wildman–Crippen LogP) is 3.38. The molecule has 0 spiro atoms. The van der Waals surface area contributed by atoms with Crippen LogP contribution in [-0.4, -0.2) is 30.9 Å². The number of hydrogen-bond donors (Lipinski definition) is 1. The van der Waals surface area contributed by atoms with Crippen molar-refractivity contribution in [1.29, 1.82) is 0 Å². The second kappa shape index (κ2) is 9.73. The lowest BCUT2D eigenvalue weighted by atomic mass is 10.2. The highest BCUT2D eigenvalue weighted by Gasteiger charge is 2.18. The van der Waals surface area contributed by atoms with Gasteiger partial charge in [0.05, 0.1) is 6.61 Å². The van der Waals surface area contributed by atoms with Crippen LogP contribution in [0.25, 0.3) is 0 Å². The van der Waals surface area contributed by atoms with Crippen molar-refractivity contribution in [3.63, 3.8) is 0 Å². The van der Waals surface area contributed by atoms with Crippen molar-refractivity contribution in [3.8, 4) is 0 Å². The van der Waals surface area contributed by atoms with Gasteiger partial charge in [-0.15, -0.1) is 11.8 Å². The largest absolute Gasteiger partial charge is 0.465 e. The Morgan fingerprint density at radius 2 is 2.14 bits per heavy atom. The van der Waals surface area contributed by atoms with E-state index in [1.165, 1.54) is 23.9 Å². The Morgan fingerprint density at radius 1 is 1.38 bits per heavy atom. The summed E-state index contributed by atoms with van der Waals surface area (Å²) >= 11 is 1.26.